The summed E-state index contributed by atoms with van der Waals surface area (Å²) in [5.41, 5.74) is 2.05. The van der Waals surface area contributed by atoms with Gasteiger partial charge in [-0.2, -0.15) is 0 Å². The Hall–Kier alpha value is -2.50. The van der Waals surface area contributed by atoms with Crippen LogP contribution in [0.3, 0.4) is 0 Å². The van der Waals surface area contributed by atoms with Crippen LogP contribution in [0.1, 0.15) is 12.0 Å². The first-order valence-electron chi connectivity index (χ1n) is 11.4. The zero-order chi connectivity index (χ0) is 24.3. The molecule has 9 nitrogen and oxygen atoms in total. The fraction of sp³-hybridized carbons (Fsp3) is 0.458. The molecule has 2 aromatic carbocycles. The molecular formula is C24H31N3O6S. The number of benzene rings is 2. The molecule has 34 heavy (non-hydrogen) atoms. The monoisotopic (exact) mass is 489 g/mol. The zero-order valence-corrected chi connectivity index (χ0v) is 19.9. The number of rotatable bonds is 7. The SMILES string of the molecule is Cc1ccc(S(=O)(=O)NC[C@@H]2O[C@@H](CC(=O)N3CCN(c4ccccc4)CC3)[C@H](O)[C@@H]2O)cc1. The lowest BCUT2D eigenvalue weighted by Crippen LogP contribution is -2.49. The Labute approximate surface area is 200 Å². The summed E-state index contributed by atoms with van der Waals surface area (Å²) >= 11 is 0. The molecule has 2 aliphatic rings. The first kappa shape index (κ1) is 24.6. The number of amides is 1. The van der Waals surface area contributed by atoms with E-state index in [4.69, 9.17) is 4.74 Å². The van der Waals surface area contributed by atoms with Crippen LogP contribution < -0.4 is 9.62 Å². The van der Waals surface area contributed by atoms with Crippen molar-refractivity contribution >= 4 is 21.6 Å². The molecule has 3 N–H and O–H groups in total. The number of ether oxygens (including phenoxy) is 1. The molecule has 2 aromatic rings. The number of anilines is 1. The van der Waals surface area contributed by atoms with Gasteiger partial charge in [0.15, 0.2) is 0 Å². The van der Waals surface area contributed by atoms with Crippen LogP contribution in [-0.2, 0) is 19.6 Å². The Morgan fingerprint density at radius 2 is 1.59 bits per heavy atom. The molecule has 184 valence electrons. The highest BCUT2D eigenvalue weighted by Crippen LogP contribution is 2.25. The normalized spacial score (nSPS) is 25.5. The van der Waals surface area contributed by atoms with Crippen LogP contribution in [0.4, 0.5) is 5.69 Å². The third-order valence-electron chi connectivity index (χ3n) is 6.40. The number of aliphatic hydroxyl groups is 2. The van der Waals surface area contributed by atoms with Crippen molar-refractivity contribution in [2.75, 3.05) is 37.6 Å². The summed E-state index contributed by atoms with van der Waals surface area (Å²) in [7, 11) is -3.79. The van der Waals surface area contributed by atoms with E-state index < -0.39 is 34.4 Å². The standard InChI is InChI=1S/C24H31N3O6S/c1-17-7-9-19(10-8-17)34(31,32)25-16-21-24(30)23(29)20(33-21)15-22(28)27-13-11-26(12-14-27)18-5-3-2-4-6-18/h2-10,20-21,23-25,29-30H,11-16H2,1H3/t20-,21-,23-,24+/m0/s1. The average molecular weight is 490 g/mol. The van der Waals surface area contributed by atoms with Crippen LogP contribution in [0.15, 0.2) is 59.5 Å². The first-order chi connectivity index (χ1) is 16.2. The van der Waals surface area contributed by atoms with Gasteiger partial charge in [-0.3, -0.25) is 4.79 Å². The lowest BCUT2D eigenvalue weighted by molar-refractivity contribution is -0.135. The quantitative estimate of drug-likeness (QED) is 0.518. The number of nitrogens with one attached hydrogen (secondary N) is 1. The van der Waals surface area contributed by atoms with E-state index in [9.17, 15) is 23.4 Å². The number of aliphatic hydroxyl groups excluding tert-OH is 2. The first-order valence-corrected chi connectivity index (χ1v) is 12.9. The van der Waals surface area contributed by atoms with Crippen LogP contribution in [0.25, 0.3) is 0 Å². The van der Waals surface area contributed by atoms with E-state index in [-0.39, 0.29) is 23.8 Å². The minimum Gasteiger partial charge on any atom is -0.388 e. The van der Waals surface area contributed by atoms with Crippen molar-refractivity contribution < 1.29 is 28.2 Å². The highest BCUT2D eigenvalue weighted by Gasteiger charge is 2.44. The number of carbonyl (C=O) groups is 1. The van der Waals surface area contributed by atoms with Crippen molar-refractivity contribution in [3.05, 3.63) is 60.2 Å². The summed E-state index contributed by atoms with van der Waals surface area (Å²) in [6.07, 6.45) is -4.51. The van der Waals surface area contributed by atoms with Gasteiger partial charge in [-0.1, -0.05) is 35.9 Å². The molecule has 10 heteroatoms. The number of piperazine rings is 1. The third kappa shape index (κ3) is 5.59. The van der Waals surface area contributed by atoms with Gasteiger partial charge in [-0.05, 0) is 31.2 Å². The molecule has 0 aliphatic carbocycles. The largest absolute Gasteiger partial charge is 0.388 e. The van der Waals surface area contributed by atoms with Crippen molar-refractivity contribution in [2.24, 2.45) is 0 Å². The van der Waals surface area contributed by atoms with Crippen molar-refractivity contribution in [3.63, 3.8) is 0 Å². The van der Waals surface area contributed by atoms with Crippen LogP contribution in [0, 0.1) is 6.92 Å². The van der Waals surface area contributed by atoms with Gasteiger partial charge in [0, 0.05) is 38.4 Å². The molecular weight excluding hydrogens is 458 g/mol. The van der Waals surface area contributed by atoms with E-state index in [0.29, 0.717) is 26.2 Å². The Balaban J connectivity index is 1.28. The van der Waals surface area contributed by atoms with E-state index in [1.54, 1.807) is 17.0 Å². The molecule has 0 saturated carbocycles. The van der Waals surface area contributed by atoms with E-state index in [1.165, 1.54) is 12.1 Å². The van der Waals surface area contributed by atoms with Gasteiger partial charge in [0.05, 0.1) is 17.4 Å². The van der Waals surface area contributed by atoms with Crippen molar-refractivity contribution in [1.29, 1.82) is 0 Å². The molecule has 2 saturated heterocycles. The molecule has 0 aromatic heterocycles. The van der Waals surface area contributed by atoms with Crippen LogP contribution in [0.5, 0.6) is 0 Å². The number of hydrogen-bond acceptors (Lipinski definition) is 7. The van der Waals surface area contributed by atoms with Gasteiger partial charge in [0.1, 0.15) is 18.3 Å². The number of carbonyl (C=O) groups excluding carboxylic acids is 1. The summed E-state index contributed by atoms with van der Waals surface area (Å²) in [5, 5.41) is 20.8. The van der Waals surface area contributed by atoms with Gasteiger partial charge in [0.2, 0.25) is 15.9 Å². The minimum atomic E-state index is -3.79. The van der Waals surface area contributed by atoms with Gasteiger partial charge in [-0.15, -0.1) is 0 Å². The maximum absolute atomic E-state index is 12.8. The van der Waals surface area contributed by atoms with E-state index in [0.717, 1.165) is 11.3 Å². The van der Waals surface area contributed by atoms with Gasteiger partial charge >= 0.3 is 0 Å². The predicted octanol–water partition coefficient (Wildman–Crippen LogP) is 0.501. The Morgan fingerprint density at radius 1 is 0.971 bits per heavy atom. The zero-order valence-electron chi connectivity index (χ0n) is 19.1. The summed E-state index contributed by atoms with van der Waals surface area (Å²) in [4.78, 5) is 16.9. The summed E-state index contributed by atoms with van der Waals surface area (Å²) in [6, 6.07) is 16.4. The second kappa shape index (κ2) is 10.4. The average Bonchev–Trinajstić information content (AvgIpc) is 3.11. The van der Waals surface area contributed by atoms with Crippen molar-refractivity contribution in [1.82, 2.24) is 9.62 Å². The number of sulfonamides is 1. The maximum atomic E-state index is 12.8. The highest BCUT2D eigenvalue weighted by molar-refractivity contribution is 7.89. The lowest BCUT2D eigenvalue weighted by atomic mass is 10.0. The molecule has 0 unspecified atom stereocenters. The number of aryl methyl sites for hydroxylation is 1. The fourth-order valence-corrected chi connectivity index (χ4v) is 5.35. The second-order valence-electron chi connectivity index (χ2n) is 8.77. The molecule has 2 aliphatic heterocycles. The van der Waals surface area contributed by atoms with Crippen LogP contribution in [0.2, 0.25) is 0 Å². The molecule has 2 fully saturated rings. The Bertz CT molecular complexity index is 1070. The Kier molecular flexibility index (Phi) is 7.54. The van der Waals surface area contributed by atoms with Crippen molar-refractivity contribution in [2.45, 2.75) is 42.7 Å². The molecule has 2 heterocycles. The third-order valence-corrected chi connectivity index (χ3v) is 7.84. The maximum Gasteiger partial charge on any atom is 0.240 e. The smallest absolute Gasteiger partial charge is 0.240 e. The molecule has 0 radical (unpaired) electrons. The van der Waals surface area contributed by atoms with Gasteiger partial charge in [0.25, 0.3) is 0 Å². The highest BCUT2D eigenvalue weighted by atomic mass is 32.2. The molecule has 4 rings (SSSR count). The molecule has 0 spiro atoms. The van der Waals surface area contributed by atoms with Crippen molar-refractivity contribution in [3.8, 4) is 0 Å². The van der Waals surface area contributed by atoms with Crippen LogP contribution in [-0.4, -0.2) is 86.6 Å². The minimum absolute atomic E-state index is 0.0786. The van der Waals surface area contributed by atoms with Gasteiger partial charge < -0.3 is 24.7 Å². The number of nitrogens with zero attached hydrogens (tertiary/aromatic N) is 2. The summed E-state index contributed by atoms with van der Waals surface area (Å²) in [6.45, 7) is 4.16. The summed E-state index contributed by atoms with van der Waals surface area (Å²) in [5.74, 6) is -0.162. The molecule has 4 atom stereocenters. The van der Waals surface area contributed by atoms with Crippen LogP contribution >= 0.6 is 0 Å². The lowest BCUT2D eigenvalue weighted by Gasteiger charge is -2.36. The fourth-order valence-electron chi connectivity index (χ4n) is 4.31. The molecule has 0 bridgehead atoms. The Morgan fingerprint density at radius 3 is 2.24 bits per heavy atom. The van der Waals surface area contributed by atoms with E-state index in [1.807, 2.05) is 37.3 Å². The molecule has 1 amide bonds. The number of para-hydroxylation sites is 1. The second-order valence-corrected chi connectivity index (χ2v) is 10.5. The topological polar surface area (TPSA) is 119 Å². The van der Waals surface area contributed by atoms with E-state index >= 15 is 0 Å². The van der Waals surface area contributed by atoms with E-state index in [2.05, 4.69) is 9.62 Å². The number of hydrogen-bond donors (Lipinski definition) is 3. The van der Waals surface area contributed by atoms with Gasteiger partial charge in [-0.25, -0.2) is 13.1 Å². The summed E-state index contributed by atoms with van der Waals surface area (Å²) < 4.78 is 33.1. The predicted molar refractivity (Wildman–Crippen MR) is 127 cm³/mol.